The van der Waals surface area contributed by atoms with Crippen LogP contribution in [0, 0.1) is 5.41 Å². The van der Waals surface area contributed by atoms with Gasteiger partial charge in [-0.2, -0.15) is 0 Å². The Hall–Kier alpha value is -0.580. The minimum Gasteiger partial charge on any atom is -0.481 e. The fourth-order valence-corrected chi connectivity index (χ4v) is 4.88. The van der Waals surface area contributed by atoms with Crippen LogP contribution in [0.3, 0.4) is 0 Å². The highest BCUT2D eigenvalue weighted by molar-refractivity contribution is 6.21. The molecule has 1 aliphatic heterocycles. The molecule has 26 heavy (non-hydrogen) atoms. The maximum Gasteiger partial charge on any atom is 0.303 e. The first-order valence-electron chi connectivity index (χ1n) is 10.4. The SMILES string of the molecule is CCC1(C(O)CCCN2CC[C@@H](Cl)[C@@H]2CC=CCCCC(=O)O)CCC1. The zero-order valence-corrected chi connectivity index (χ0v) is 17.0. The minimum absolute atomic E-state index is 0.150. The molecule has 1 heterocycles. The summed E-state index contributed by atoms with van der Waals surface area (Å²) in [7, 11) is 0. The number of hydrogen-bond acceptors (Lipinski definition) is 3. The molecule has 150 valence electrons. The van der Waals surface area contributed by atoms with E-state index in [0.717, 1.165) is 51.6 Å². The Kier molecular flexibility index (Phi) is 8.92. The zero-order valence-electron chi connectivity index (χ0n) is 16.2. The molecule has 2 fully saturated rings. The van der Waals surface area contributed by atoms with Crippen molar-refractivity contribution in [3.63, 3.8) is 0 Å². The number of aliphatic carboxylic acids is 1. The second kappa shape index (κ2) is 10.7. The smallest absolute Gasteiger partial charge is 0.303 e. The van der Waals surface area contributed by atoms with Crippen molar-refractivity contribution in [2.75, 3.05) is 13.1 Å². The van der Waals surface area contributed by atoms with Gasteiger partial charge >= 0.3 is 5.97 Å². The lowest BCUT2D eigenvalue weighted by Crippen LogP contribution is -2.41. The number of unbranched alkanes of at least 4 members (excludes halogenated alkanes) is 1. The molecule has 0 bridgehead atoms. The van der Waals surface area contributed by atoms with Crippen LogP contribution >= 0.6 is 11.6 Å². The van der Waals surface area contributed by atoms with Gasteiger partial charge in [0.15, 0.2) is 0 Å². The maximum atomic E-state index is 10.6. The fraction of sp³-hybridized carbons (Fsp3) is 0.857. The topological polar surface area (TPSA) is 60.8 Å². The molecule has 0 aromatic heterocycles. The lowest BCUT2D eigenvalue weighted by atomic mass is 9.62. The van der Waals surface area contributed by atoms with Crippen molar-refractivity contribution in [2.24, 2.45) is 5.41 Å². The molecule has 0 amide bonds. The number of aliphatic hydroxyl groups is 1. The average molecular weight is 386 g/mol. The molecule has 1 saturated carbocycles. The zero-order chi connectivity index (χ0) is 19.0. The predicted octanol–water partition coefficient (Wildman–Crippen LogP) is 4.59. The van der Waals surface area contributed by atoms with Gasteiger partial charge in [0.05, 0.1) is 11.5 Å². The van der Waals surface area contributed by atoms with Gasteiger partial charge < -0.3 is 10.2 Å². The largest absolute Gasteiger partial charge is 0.481 e. The van der Waals surface area contributed by atoms with Crippen molar-refractivity contribution < 1.29 is 15.0 Å². The minimum atomic E-state index is -0.727. The van der Waals surface area contributed by atoms with E-state index in [1.165, 1.54) is 19.3 Å². The molecular formula is C21H36ClNO3. The maximum absolute atomic E-state index is 10.6. The molecule has 3 atom stereocenters. The molecule has 0 aromatic rings. The van der Waals surface area contributed by atoms with Crippen molar-refractivity contribution in [3.05, 3.63) is 12.2 Å². The summed E-state index contributed by atoms with van der Waals surface area (Å²) in [6, 6.07) is 0.369. The molecule has 2 rings (SSSR count). The van der Waals surface area contributed by atoms with Crippen molar-refractivity contribution in [3.8, 4) is 0 Å². The van der Waals surface area contributed by atoms with Gasteiger partial charge in [-0.15, -0.1) is 11.6 Å². The Bertz CT molecular complexity index is 459. The number of allylic oxidation sites excluding steroid dienone is 1. The normalized spacial score (nSPS) is 26.9. The number of halogens is 1. The van der Waals surface area contributed by atoms with Gasteiger partial charge in [-0.3, -0.25) is 9.69 Å². The molecule has 0 spiro atoms. The summed E-state index contributed by atoms with van der Waals surface area (Å²) in [5.41, 5.74) is 0.206. The number of carboxylic acid groups (broad SMARTS) is 1. The van der Waals surface area contributed by atoms with Gasteiger partial charge in [0.25, 0.3) is 0 Å². The summed E-state index contributed by atoms with van der Waals surface area (Å²) in [5.74, 6) is -0.727. The predicted molar refractivity (Wildman–Crippen MR) is 107 cm³/mol. The molecule has 1 saturated heterocycles. The van der Waals surface area contributed by atoms with Crippen molar-refractivity contribution >= 4 is 17.6 Å². The van der Waals surface area contributed by atoms with E-state index in [-0.39, 0.29) is 23.3 Å². The third-order valence-corrected chi connectivity index (χ3v) is 7.08. The number of likely N-dealkylation sites (tertiary alicyclic amines) is 1. The van der Waals surface area contributed by atoms with E-state index in [9.17, 15) is 9.90 Å². The molecule has 0 radical (unpaired) electrons. The van der Waals surface area contributed by atoms with Crippen molar-refractivity contribution in [1.82, 2.24) is 4.90 Å². The lowest BCUT2D eigenvalue weighted by Gasteiger charge is -2.45. The highest BCUT2D eigenvalue weighted by atomic mass is 35.5. The summed E-state index contributed by atoms with van der Waals surface area (Å²) in [4.78, 5) is 13.0. The lowest BCUT2D eigenvalue weighted by molar-refractivity contribution is -0.137. The Morgan fingerprint density at radius 1 is 1.35 bits per heavy atom. The quantitative estimate of drug-likeness (QED) is 0.293. The summed E-state index contributed by atoms with van der Waals surface area (Å²) in [5, 5.41) is 19.4. The first-order chi connectivity index (χ1) is 12.5. The number of alkyl halides is 1. The molecular weight excluding hydrogens is 350 g/mol. The van der Waals surface area contributed by atoms with Crippen LogP contribution in [0.5, 0.6) is 0 Å². The average Bonchev–Trinajstić information content (AvgIpc) is 2.90. The van der Waals surface area contributed by atoms with E-state index < -0.39 is 5.97 Å². The van der Waals surface area contributed by atoms with Gasteiger partial charge in [0.1, 0.15) is 0 Å². The molecule has 1 unspecified atom stereocenters. The monoisotopic (exact) mass is 385 g/mol. The summed E-state index contributed by atoms with van der Waals surface area (Å²) in [6.07, 6.45) is 14.5. The Morgan fingerprint density at radius 2 is 2.12 bits per heavy atom. The summed E-state index contributed by atoms with van der Waals surface area (Å²) in [6.45, 7) is 4.26. The number of aliphatic hydroxyl groups excluding tert-OH is 1. The number of hydrogen-bond donors (Lipinski definition) is 2. The number of nitrogens with zero attached hydrogens (tertiary/aromatic N) is 1. The van der Waals surface area contributed by atoms with Crippen molar-refractivity contribution in [2.45, 2.75) is 95.1 Å². The standard InChI is InChI=1S/C21H36ClNO3/c1-2-21(13-8-14-21)19(24)10-7-15-23-16-12-17(22)18(23)9-5-3-4-6-11-20(25)26/h3,5,17-19,24H,2,4,6-16H2,1H3,(H,25,26)/t17-,18+,19?/m1/s1. The Morgan fingerprint density at radius 3 is 2.73 bits per heavy atom. The van der Waals surface area contributed by atoms with Crippen molar-refractivity contribution in [1.29, 1.82) is 0 Å². The van der Waals surface area contributed by atoms with E-state index in [0.29, 0.717) is 12.5 Å². The molecule has 0 aromatic carbocycles. The van der Waals surface area contributed by atoms with E-state index in [4.69, 9.17) is 16.7 Å². The number of carbonyl (C=O) groups is 1. The first-order valence-corrected chi connectivity index (χ1v) is 10.8. The van der Waals surface area contributed by atoms with Crippen LogP contribution in [0.2, 0.25) is 0 Å². The molecule has 4 nitrogen and oxygen atoms in total. The highest BCUT2D eigenvalue weighted by Crippen LogP contribution is 2.47. The Labute approximate surface area is 163 Å². The van der Waals surface area contributed by atoms with Crippen LogP contribution < -0.4 is 0 Å². The van der Waals surface area contributed by atoms with Crippen LogP contribution in [0.15, 0.2) is 12.2 Å². The Balaban J connectivity index is 1.68. The molecule has 2 N–H and O–H groups in total. The van der Waals surface area contributed by atoms with E-state index in [1.54, 1.807) is 0 Å². The van der Waals surface area contributed by atoms with Gasteiger partial charge in [0.2, 0.25) is 0 Å². The molecule has 1 aliphatic carbocycles. The van der Waals surface area contributed by atoms with Crippen LogP contribution in [0.4, 0.5) is 0 Å². The van der Waals surface area contributed by atoms with E-state index >= 15 is 0 Å². The first kappa shape index (κ1) is 21.7. The second-order valence-electron chi connectivity index (χ2n) is 8.13. The van der Waals surface area contributed by atoms with Gasteiger partial charge in [-0.1, -0.05) is 25.5 Å². The number of carboxylic acids is 1. The van der Waals surface area contributed by atoms with E-state index in [2.05, 4.69) is 24.0 Å². The van der Waals surface area contributed by atoms with Crippen LogP contribution in [0.1, 0.15) is 77.6 Å². The van der Waals surface area contributed by atoms with Crippen LogP contribution in [0.25, 0.3) is 0 Å². The summed E-state index contributed by atoms with van der Waals surface area (Å²) < 4.78 is 0. The van der Waals surface area contributed by atoms with Gasteiger partial charge in [-0.05, 0) is 76.3 Å². The third-order valence-electron chi connectivity index (χ3n) is 6.57. The molecule has 5 heteroatoms. The van der Waals surface area contributed by atoms with Gasteiger partial charge in [0, 0.05) is 12.5 Å². The van der Waals surface area contributed by atoms with Crippen LogP contribution in [-0.2, 0) is 4.79 Å². The highest BCUT2D eigenvalue weighted by Gasteiger charge is 2.41. The van der Waals surface area contributed by atoms with Crippen LogP contribution in [-0.4, -0.2) is 51.7 Å². The number of rotatable bonds is 12. The van der Waals surface area contributed by atoms with E-state index in [1.807, 2.05) is 0 Å². The fourth-order valence-electron chi connectivity index (χ4n) is 4.52. The second-order valence-corrected chi connectivity index (χ2v) is 8.69. The van der Waals surface area contributed by atoms with Gasteiger partial charge in [-0.25, -0.2) is 0 Å². The molecule has 2 aliphatic rings. The third kappa shape index (κ3) is 5.97. The summed E-state index contributed by atoms with van der Waals surface area (Å²) >= 11 is 6.52.